The van der Waals surface area contributed by atoms with E-state index in [0.29, 0.717) is 10.2 Å². The van der Waals surface area contributed by atoms with Gasteiger partial charge >= 0.3 is 0 Å². The van der Waals surface area contributed by atoms with Crippen LogP contribution in [0.15, 0.2) is 65.6 Å². The van der Waals surface area contributed by atoms with Gasteiger partial charge in [-0.2, -0.15) is 5.26 Å². The molecular weight excluding hydrogens is 354 g/mol. The van der Waals surface area contributed by atoms with Crippen molar-refractivity contribution in [1.82, 2.24) is 4.98 Å². The number of halogens is 1. The molecule has 0 fully saturated rings. The molecule has 1 N–H and O–H groups in total. The SMILES string of the molecule is N#C/C(=C/c1ccc(Cl)cc1)C(=O)Nc1nc(-c2ccccc2)cs1. The van der Waals surface area contributed by atoms with E-state index in [2.05, 4.69) is 10.3 Å². The van der Waals surface area contributed by atoms with Crippen LogP contribution in [0.3, 0.4) is 0 Å². The summed E-state index contributed by atoms with van der Waals surface area (Å²) in [6.45, 7) is 0. The van der Waals surface area contributed by atoms with Gasteiger partial charge in [-0.1, -0.05) is 54.1 Å². The van der Waals surface area contributed by atoms with Crippen LogP contribution in [0.2, 0.25) is 5.02 Å². The van der Waals surface area contributed by atoms with Crippen molar-refractivity contribution in [2.45, 2.75) is 0 Å². The highest BCUT2D eigenvalue weighted by atomic mass is 35.5. The van der Waals surface area contributed by atoms with Gasteiger partial charge in [0, 0.05) is 16.0 Å². The zero-order chi connectivity index (χ0) is 17.6. The second-order valence-corrected chi connectivity index (χ2v) is 6.37. The number of benzene rings is 2. The summed E-state index contributed by atoms with van der Waals surface area (Å²) < 4.78 is 0. The number of nitrogens with zero attached hydrogens (tertiary/aromatic N) is 2. The molecule has 0 radical (unpaired) electrons. The van der Waals surface area contributed by atoms with Gasteiger partial charge in [0.15, 0.2) is 5.13 Å². The standard InChI is InChI=1S/C19H12ClN3OS/c20-16-8-6-13(7-9-16)10-15(11-21)18(24)23-19-22-17(12-25-19)14-4-2-1-3-5-14/h1-10,12H,(H,22,23,24)/b15-10-. The van der Waals surface area contributed by atoms with E-state index >= 15 is 0 Å². The summed E-state index contributed by atoms with van der Waals surface area (Å²) in [5.41, 5.74) is 2.47. The number of carbonyl (C=O) groups is 1. The van der Waals surface area contributed by atoms with Gasteiger partial charge in [0.25, 0.3) is 5.91 Å². The fourth-order valence-electron chi connectivity index (χ4n) is 2.11. The highest BCUT2D eigenvalue weighted by molar-refractivity contribution is 7.14. The van der Waals surface area contributed by atoms with Gasteiger partial charge in [-0.3, -0.25) is 10.1 Å². The van der Waals surface area contributed by atoms with Gasteiger partial charge < -0.3 is 0 Å². The molecule has 0 aliphatic carbocycles. The molecule has 0 spiro atoms. The van der Waals surface area contributed by atoms with Crippen molar-refractivity contribution in [2.75, 3.05) is 5.32 Å². The summed E-state index contributed by atoms with van der Waals surface area (Å²) in [4.78, 5) is 16.7. The van der Waals surface area contributed by atoms with Gasteiger partial charge in [0.1, 0.15) is 11.6 Å². The van der Waals surface area contributed by atoms with Crippen molar-refractivity contribution in [3.63, 3.8) is 0 Å². The molecule has 0 unspecified atom stereocenters. The molecule has 0 atom stereocenters. The van der Waals surface area contributed by atoms with Crippen LogP contribution in [-0.2, 0) is 4.79 Å². The lowest BCUT2D eigenvalue weighted by Gasteiger charge is -2.01. The van der Waals surface area contributed by atoms with E-state index < -0.39 is 5.91 Å². The number of hydrogen-bond donors (Lipinski definition) is 1. The molecule has 1 aromatic heterocycles. The van der Waals surface area contributed by atoms with Crippen LogP contribution in [0.4, 0.5) is 5.13 Å². The maximum absolute atomic E-state index is 12.3. The second-order valence-electron chi connectivity index (χ2n) is 5.08. The number of carbonyl (C=O) groups excluding carboxylic acids is 1. The Morgan fingerprint density at radius 3 is 2.56 bits per heavy atom. The fraction of sp³-hybridized carbons (Fsp3) is 0. The minimum absolute atomic E-state index is 0.00113. The minimum atomic E-state index is -0.494. The molecule has 0 saturated heterocycles. The van der Waals surface area contributed by atoms with Crippen molar-refractivity contribution in [3.8, 4) is 17.3 Å². The fourth-order valence-corrected chi connectivity index (χ4v) is 2.95. The van der Waals surface area contributed by atoms with Crippen LogP contribution in [0, 0.1) is 11.3 Å². The third kappa shape index (κ3) is 4.32. The summed E-state index contributed by atoms with van der Waals surface area (Å²) in [5.74, 6) is -0.494. The molecule has 4 nitrogen and oxygen atoms in total. The Morgan fingerprint density at radius 2 is 1.88 bits per heavy atom. The molecule has 0 bridgehead atoms. The van der Waals surface area contributed by atoms with Gasteiger partial charge in [-0.15, -0.1) is 11.3 Å². The van der Waals surface area contributed by atoms with E-state index in [0.717, 1.165) is 16.8 Å². The maximum Gasteiger partial charge on any atom is 0.268 e. The molecule has 3 rings (SSSR count). The predicted molar refractivity (Wildman–Crippen MR) is 101 cm³/mol. The first-order chi connectivity index (χ1) is 12.2. The number of hydrogen-bond acceptors (Lipinski definition) is 4. The smallest absolute Gasteiger partial charge is 0.268 e. The van der Waals surface area contributed by atoms with Crippen LogP contribution >= 0.6 is 22.9 Å². The van der Waals surface area contributed by atoms with Crippen LogP contribution in [-0.4, -0.2) is 10.9 Å². The Hall–Kier alpha value is -2.94. The van der Waals surface area contributed by atoms with Crippen LogP contribution < -0.4 is 5.32 Å². The topological polar surface area (TPSA) is 65.8 Å². The van der Waals surface area contributed by atoms with E-state index in [4.69, 9.17) is 11.6 Å². The number of rotatable bonds is 4. The average Bonchev–Trinajstić information content (AvgIpc) is 3.10. The normalized spacial score (nSPS) is 11.0. The average molecular weight is 366 g/mol. The third-order valence-corrected chi connectivity index (χ3v) is 4.35. The van der Waals surface area contributed by atoms with Crippen molar-refractivity contribution >= 4 is 40.1 Å². The minimum Gasteiger partial charge on any atom is -0.297 e. The number of nitriles is 1. The summed E-state index contributed by atoms with van der Waals surface area (Å²) in [6.07, 6.45) is 1.51. The lowest BCUT2D eigenvalue weighted by molar-refractivity contribution is -0.112. The highest BCUT2D eigenvalue weighted by Crippen LogP contribution is 2.25. The van der Waals surface area contributed by atoms with E-state index in [1.165, 1.54) is 17.4 Å². The van der Waals surface area contributed by atoms with E-state index in [-0.39, 0.29) is 5.57 Å². The van der Waals surface area contributed by atoms with Crippen molar-refractivity contribution in [3.05, 3.63) is 76.1 Å². The molecule has 25 heavy (non-hydrogen) atoms. The molecular formula is C19H12ClN3OS. The zero-order valence-electron chi connectivity index (χ0n) is 12.9. The molecule has 122 valence electrons. The molecule has 6 heteroatoms. The largest absolute Gasteiger partial charge is 0.297 e. The Bertz CT molecular complexity index is 956. The quantitative estimate of drug-likeness (QED) is 0.522. The number of thiazole rings is 1. The summed E-state index contributed by atoms with van der Waals surface area (Å²) in [6, 6.07) is 18.5. The molecule has 1 amide bonds. The number of amides is 1. The Morgan fingerprint density at radius 1 is 1.16 bits per heavy atom. The van der Waals surface area contributed by atoms with Gasteiger partial charge in [-0.05, 0) is 23.8 Å². The van der Waals surface area contributed by atoms with Gasteiger partial charge in [0.2, 0.25) is 0 Å². The summed E-state index contributed by atoms with van der Waals surface area (Å²) in [7, 11) is 0. The summed E-state index contributed by atoms with van der Waals surface area (Å²) >= 11 is 7.14. The van der Waals surface area contributed by atoms with Crippen LogP contribution in [0.1, 0.15) is 5.56 Å². The molecule has 3 aromatic rings. The highest BCUT2D eigenvalue weighted by Gasteiger charge is 2.12. The van der Waals surface area contributed by atoms with Crippen molar-refractivity contribution in [1.29, 1.82) is 5.26 Å². The maximum atomic E-state index is 12.3. The van der Waals surface area contributed by atoms with E-state index in [9.17, 15) is 10.1 Å². The number of nitrogens with one attached hydrogen (secondary N) is 1. The first-order valence-electron chi connectivity index (χ1n) is 7.35. The summed E-state index contributed by atoms with van der Waals surface area (Å²) in [5, 5.41) is 14.8. The molecule has 2 aromatic carbocycles. The molecule has 0 aliphatic heterocycles. The van der Waals surface area contributed by atoms with Crippen LogP contribution in [0.5, 0.6) is 0 Å². The molecule has 0 saturated carbocycles. The first-order valence-corrected chi connectivity index (χ1v) is 8.61. The van der Waals surface area contributed by atoms with Gasteiger partial charge in [-0.25, -0.2) is 4.98 Å². The Labute approximate surface area is 154 Å². The predicted octanol–water partition coefficient (Wildman–Crippen LogP) is 5.01. The van der Waals surface area contributed by atoms with Crippen molar-refractivity contribution in [2.24, 2.45) is 0 Å². The zero-order valence-corrected chi connectivity index (χ0v) is 14.5. The van der Waals surface area contributed by atoms with Crippen molar-refractivity contribution < 1.29 is 4.79 Å². The van der Waals surface area contributed by atoms with E-state index in [1.54, 1.807) is 24.3 Å². The lowest BCUT2D eigenvalue weighted by atomic mass is 10.1. The second kappa shape index (κ2) is 7.75. The number of aromatic nitrogens is 1. The molecule has 0 aliphatic rings. The third-order valence-electron chi connectivity index (χ3n) is 3.34. The Kier molecular flexibility index (Phi) is 5.24. The van der Waals surface area contributed by atoms with E-state index in [1.807, 2.05) is 41.8 Å². The Balaban J connectivity index is 1.76. The first kappa shape index (κ1) is 16.9. The monoisotopic (exact) mass is 365 g/mol. The van der Waals surface area contributed by atoms with Crippen LogP contribution in [0.25, 0.3) is 17.3 Å². The lowest BCUT2D eigenvalue weighted by Crippen LogP contribution is -2.13. The van der Waals surface area contributed by atoms with Gasteiger partial charge in [0.05, 0.1) is 5.69 Å². The molecule has 1 heterocycles. The number of anilines is 1.